The highest BCUT2D eigenvalue weighted by Gasteiger charge is 2.38. The van der Waals surface area contributed by atoms with E-state index in [0.717, 1.165) is 29.1 Å². The Morgan fingerprint density at radius 1 is 1.11 bits per heavy atom. The number of primary amides is 1. The van der Waals surface area contributed by atoms with E-state index in [0.29, 0.717) is 11.1 Å². The molecular formula is C23H14F4N6O2. The number of rotatable bonds is 5. The molecule has 8 nitrogen and oxygen atoms in total. The number of alkyl halides is 3. The lowest BCUT2D eigenvalue weighted by molar-refractivity contribution is -0.140. The van der Waals surface area contributed by atoms with Gasteiger partial charge in [-0.05, 0) is 35.9 Å². The molecule has 0 spiro atoms. The number of carbonyl (C=O) groups is 2. The van der Waals surface area contributed by atoms with Gasteiger partial charge in [-0.25, -0.2) is 9.37 Å². The molecule has 4 aromatic rings. The molecule has 12 heteroatoms. The fourth-order valence-electron chi connectivity index (χ4n) is 3.38. The van der Waals surface area contributed by atoms with E-state index in [1.165, 1.54) is 18.2 Å². The third kappa shape index (κ3) is 4.93. The Bertz CT molecular complexity index is 1500. The van der Waals surface area contributed by atoms with Gasteiger partial charge in [0.05, 0.1) is 34.9 Å². The number of halogens is 4. The van der Waals surface area contributed by atoms with E-state index in [4.69, 9.17) is 11.0 Å². The summed E-state index contributed by atoms with van der Waals surface area (Å²) in [5, 5.41) is 14.7. The number of pyridine rings is 1. The van der Waals surface area contributed by atoms with Crippen LogP contribution in [-0.4, -0.2) is 26.6 Å². The number of nitriles is 1. The fourth-order valence-corrected chi connectivity index (χ4v) is 3.38. The lowest BCUT2D eigenvalue weighted by Crippen LogP contribution is -2.19. The van der Waals surface area contributed by atoms with E-state index >= 15 is 0 Å². The van der Waals surface area contributed by atoms with Crippen LogP contribution in [0.25, 0.3) is 10.9 Å². The summed E-state index contributed by atoms with van der Waals surface area (Å²) in [4.78, 5) is 28.5. The van der Waals surface area contributed by atoms with Gasteiger partial charge in [0.15, 0.2) is 5.69 Å². The topological polar surface area (TPSA) is 127 Å². The summed E-state index contributed by atoms with van der Waals surface area (Å²) in [6.07, 6.45) is -3.88. The first kappa shape index (κ1) is 23.4. The van der Waals surface area contributed by atoms with Crippen molar-refractivity contribution in [3.8, 4) is 6.07 Å². The number of amides is 2. The number of nitrogens with two attached hydrogens (primary N) is 1. The van der Waals surface area contributed by atoms with Crippen molar-refractivity contribution in [2.75, 3.05) is 5.32 Å². The fraction of sp³-hybridized carbons (Fsp3) is 0.0870. The summed E-state index contributed by atoms with van der Waals surface area (Å²) >= 11 is 0. The van der Waals surface area contributed by atoms with Crippen molar-refractivity contribution < 1.29 is 27.2 Å². The highest BCUT2D eigenvalue weighted by Crippen LogP contribution is 2.34. The van der Waals surface area contributed by atoms with Crippen LogP contribution < -0.4 is 11.1 Å². The number of nitrogens with one attached hydrogen (secondary N) is 1. The minimum absolute atomic E-state index is 0.0616. The second-order valence-corrected chi connectivity index (χ2v) is 7.43. The van der Waals surface area contributed by atoms with E-state index in [1.807, 2.05) is 6.07 Å². The Morgan fingerprint density at radius 3 is 2.46 bits per heavy atom. The molecule has 2 heterocycles. The normalized spacial score (nSPS) is 11.3. The largest absolute Gasteiger partial charge is 0.437 e. The van der Waals surface area contributed by atoms with Crippen molar-refractivity contribution >= 4 is 28.4 Å². The quantitative estimate of drug-likeness (QED) is 0.418. The molecule has 2 aromatic heterocycles. The number of carbonyl (C=O) groups excluding carboxylic acids is 2. The maximum Gasteiger partial charge on any atom is 0.437 e. The van der Waals surface area contributed by atoms with Crippen LogP contribution in [0.1, 0.15) is 37.7 Å². The van der Waals surface area contributed by atoms with Crippen LogP contribution in [0.5, 0.6) is 0 Å². The molecule has 0 bridgehead atoms. The standard InChI is InChI=1S/C23H14F4N6O2/c24-14-5-6-15-16(8-18(21(29)34)30-17(15)7-14)22(35)31-19-11-33(32-20(19)23(25,26)27)10-13-3-1-12(9-28)2-4-13/h1-8,11H,10H2,(H2,29,34)(H,31,35). The lowest BCUT2D eigenvalue weighted by atomic mass is 10.1. The monoisotopic (exact) mass is 482 g/mol. The van der Waals surface area contributed by atoms with Crippen molar-refractivity contribution in [1.29, 1.82) is 5.26 Å². The molecule has 2 aromatic carbocycles. The molecule has 0 atom stereocenters. The Kier molecular flexibility index (Phi) is 5.92. The maximum atomic E-state index is 13.6. The first-order chi connectivity index (χ1) is 16.5. The minimum Gasteiger partial charge on any atom is -0.364 e. The third-order valence-electron chi connectivity index (χ3n) is 4.97. The second kappa shape index (κ2) is 8.86. The summed E-state index contributed by atoms with van der Waals surface area (Å²) in [5.74, 6) is -2.70. The Balaban J connectivity index is 1.71. The molecular weight excluding hydrogens is 468 g/mol. The summed E-state index contributed by atoms with van der Waals surface area (Å²) in [6.45, 7) is -0.0616. The Hall–Kier alpha value is -4.79. The van der Waals surface area contributed by atoms with E-state index < -0.39 is 35.2 Å². The molecule has 0 aliphatic rings. The van der Waals surface area contributed by atoms with Crippen molar-refractivity contribution in [3.63, 3.8) is 0 Å². The molecule has 0 radical (unpaired) electrons. The van der Waals surface area contributed by atoms with Gasteiger partial charge in [0.2, 0.25) is 0 Å². The average molecular weight is 482 g/mol. The van der Waals surface area contributed by atoms with Crippen LogP contribution in [0.2, 0.25) is 0 Å². The minimum atomic E-state index is -4.89. The smallest absolute Gasteiger partial charge is 0.364 e. The van der Waals surface area contributed by atoms with E-state index in [1.54, 1.807) is 12.1 Å². The second-order valence-electron chi connectivity index (χ2n) is 7.43. The van der Waals surface area contributed by atoms with Gasteiger partial charge in [-0.3, -0.25) is 14.3 Å². The molecule has 0 saturated heterocycles. The number of fused-ring (bicyclic) bond motifs is 1. The van der Waals surface area contributed by atoms with Crippen LogP contribution in [-0.2, 0) is 12.7 Å². The number of benzene rings is 2. The molecule has 35 heavy (non-hydrogen) atoms. The molecule has 0 aliphatic carbocycles. The number of hydrogen-bond acceptors (Lipinski definition) is 5. The zero-order valence-corrected chi connectivity index (χ0v) is 17.6. The van der Waals surface area contributed by atoms with Gasteiger partial charge in [0.1, 0.15) is 11.5 Å². The molecule has 176 valence electrons. The SMILES string of the molecule is N#Cc1ccc(Cn2cc(NC(=O)c3cc(C(N)=O)nc4cc(F)ccc34)c(C(F)(F)F)n2)cc1. The molecule has 0 fully saturated rings. The predicted molar refractivity (Wildman–Crippen MR) is 116 cm³/mol. The number of aromatic nitrogens is 3. The lowest BCUT2D eigenvalue weighted by Gasteiger charge is -2.10. The first-order valence-corrected chi connectivity index (χ1v) is 9.90. The Labute approximate surface area is 194 Å². The third-order valence-corrected chi connectivity index (χ3v) is 4.97. The van der Waals surface area contributed by atoms with Crippen LogP contribution >= 0.6 is 0 Å². The zero-order chi connectivity index (χ0) is 25.3. The summed E-state index contributed by atoms with van der Waals surface area (Å²) < 4.78 is 55.6. The molecule has 2 amide bonds. The summed E-state index contributed by atoms with van der Waals surface area (Å²) in [6, 6.07) is 12.4. The first-order valence-electron chi connectivity index (χ1n) is 9.90. The maximum absolute atomic E-state index is 13.6. The molecule has 0 aliphatic heterocycles. The molecule has 0 unspecified atom stereocenters. The van der Waals surface area contributed by atoms with Gasteiger partial charge >= 0.3 is 6.18 Å². The number of hydrogen-bond donors (Lipinski definition) is 2. The highest BCUT2D eigenvalue weighted by atomic mass is 19.4. The van der Waals surface area contributed by atoms with Gasteiger partial charge in [0, 0.05) is 17.6 Å². The average Bonchev–Trinajstić information content (AvgIpc) is 3.21. The molecule has 3 N–H and O–H groups in total. The molecule has 0 saturated carbocycles. The van der Waals surface area contributed by atoms with Gasteiger partial charge in [-0.2, -0.15) is 23.5 Å². The zero-order valence-electron chi connectivity index (χ0n) is 17.6. The molecule has 4 rings (SSSR count). The van der Waals surface area contributed by atoms with Crippen LogP contribution in [0.4, 0.5) is 23.2 Å². The highest BCUT2D eigenvalue weighted by molar-refractivity contribution is 6.13. The van der Waals surface area contributed by atoms with Crippen LogP contribution in [0, 0.1) is 17.1 Å². The van der Waals surface area contributed by atoms with Crippen molar-refractivity contribution in [2.45, 2.75) is 12.7 Å². The Morgan fingerprint density at radius 2 is 1.83 bits per heavy atom. The van der Waals surface area contributed by atoms with Crippen molar-refractivity contribution in [3.05, 3.63) is 88.6 Å². The van der Waals surface area contributed by atoms with E-state index in [9.17, 15) is 27.2 Å². The number of nitrogens with zero attached hydrogens (tertiary/aromatic N) is 4. The van der Waals surface area contributed by atoms with E-state index in [2.05, 4.69) is 15.4 Å². The van der Waals surface area contributed by atoms with Crippen molar-refractivity contribution in [1.82, 2.24) is 14.8 Å². The van der Waals surface area contributed by atoms with Gasteiger partial charge < -0.3 is 11.1 Å². The van der Waals surface area contributed by atoms with Crippen LogP contribution in [0.3, 0.4) is 0 Å². The van der Waals surface area contributed by atoms with Gasteiger partial charge in [-0.1, -0.05) is 12.1 Å². The van der Waals surface area contributed by atoms with E-state index in [-0.39, 0.29) is 28.7 Å². The summed E-state index contributed by atoms with van der Waals surface area (Å²) in [7, 11) is 0. The summed E-state index contributed by atoms with van der Waals surface area (Å²) in [5.41, 5.74) is 3.58. The number of anilines is 1. The van der Waals surface area contributed by atoms with Crippen LogP contribution in [0.15, 0.2) is 54.7 Å². The predicted octanol–water partition coefficient (Wildman–Crippen LogP) is 3.86. The van der Waals surface area contributed by atoms with Gasteiger partial charge in [-0.15, -0.1) is 0 Å². The van der Waals surface area contributed by atoms with Gasteiger partial charge in [0.25, 0.3) is 11.8 Å². The van der Waals surface area contributed by atoms with Crippen molar-refractivity contribution in [2.24, 2.45) is 5.73 Å².